The second-order valence-corrected chi connectivity index (χ2v) is 6.15. The van der Waals surface area contributed by atoms with Gasteiger partial charge in [0.25, 0.3) is 0 Å². The zero-order valence-electron chi connectivity index (χ0n) is 9.64. The Morgan fingerprint density at radius 3 is 2.76 bits per heavy atom. The molecule has 0 radical (unpaired) electrons. The molecule has 0 aliphatic carbocycles. The van der Waals surface area contributed by atoms with Crippen molar-refractivity contribution in [2.75, 3.05) is 0 Å². The lowest BCUT2D eigenvalue weighted by Gasteiger charge is -2.00. The van der Waals surface area contributed by atoms with Gasteiger partial charge in [0.15, 0.2) is 0 Å². The Hall–Kier alpha value is -1.20. The summed E-state index contributed by atoms with van der Waals surface area (Å²) in [5, 5.41) is 12.0. The zero-order valence-corrected chi connectivity index (χ0v) is 11.3. The molecule has 90 valence electrons. The van der Waals surface area contributed by atoms with Crippen LogP contribution in [0.4, 0.5) is 0 Å². The van der Waals surface area contributed by atoms with Crippen molar-refractivity contribution in [2.45, 2.75) is 26.2 Å². The van der Waals surface area contributed by atoms with Crippen LogP contribution in [0, 0.1) is 0 Å². The van der Waals surface area contributed by atoms with Crippen molar-refractivity contribution in [3.05, 3.63) is 38.0 Å². The van der Waals surface area contributed by atoms with Crippen molar-refractivity contribution < 1.29 is 9.90 Å². The molecule has 0 aromatic carbocycles. The molecule has 0 saturated carbocycles. The minimum atomic E-state index is -0.872. The van der Waals surface area contributed by atoms with Crippen molar-refractivity contribution in [1.29, 1.82) is 0 Å². The van der Waals surface area contributed by atoms with Crippen LogP contribution in [0.3, 0.4) is 0 Å². The van der Waals surface area contributed by atoms with Crippen molar-refractivity contribution in [3.63, 3.8) is 0 Å². The highest BCUT2D eigenvalue weighted by Gasteiger charge is 2.19. The van der Waals surface area contributed by atoms with E-state index in [4.69, 9.17) is 5.11 Å². The third-order valence-corrected chi connectivity index (χ3v) is 4.28. The monoisotopic (exact) mass is 267 g/mol. The quantitative estimate of drug-likeness (QED) is 0.920. The summed E-state index contributed by atoms with van der Waals surface area (Å²) in [6, 6.07) is 4.04. The fraction of sp³-hybridized carbons (Fsp3) is 0.333. The van der Waals surface area contributed by atoms with Crippen LogP contribution in [0.1, 0.15) is 45.0 Å². The molecule has 0 spiro atoms. The molecule has 3 nitrogen and oxygen atoms in total. The highest BCUT2D eigenvalue weighted by Crippen LogP contribution is 2.27. The Labute approximate surface area is 108 Å². The minimum absolute atomic E-state index is 0.148. The van der Waals surface area contributed by atoms with Gasteiger partial charge in [0.1, 0.15) is 4.88 Å². The summed E-state index contributed by atoms with van der Waals surface area (Å²) in [6.45, 7) is 3.94. The maximum Gasteiger partial charge on any atom is 0.347 e. The maximum atomic E-state index is 11.1. The van der Waals surface area contributed by atoms with Gasteiger partial charge >= 0.3 is 5.97 Å². The van der Waals surface area contributed by atoms with E-state index in [0.717, 1.165) is 11.4 Å². The Bertz CT molecular complexity index is 515. The van der Waals surface area contributed by atoms with Crippen LogP contribution >= 0.6 is 22.7 Å². The van der Waals surface area contributed by atoms with Gasteiger partial charge in [0, 0.05) is 11.3 Å². The Morgan fingerprint density at radius 2 is 2.29 bits per heavy atom. The van der Waals surface area contributed by atoms with Gasteiger partial charge in [-0.2, -0.15) is 0 Å². The maximum absolute atomic E-state index is 11.1. The van der Waals surface area contributed by atoms with Gasteiger partial charge in [0.2, 0.25) is 0 Å². The molecule has 0 unspecified atom stereocenters. The van der Waals surface area contributed by atoms with Gasteiger partial charge in [-0.25, -0.2) is 9.78 Å². The minimum Gasteiger partial charge on any atom is -0.477 e. The van der Waals surface area contributed by atoms with Crippen LogP contribution in [-0.2, 0) is 6.42 Å². The van der Waals surface area contributed by atoms with E-state index >= 15 is 0 Å². The third kappa shape index (κ3) is 2.73. The van der Waals surface area contributed by atoms with Crippen molar-refractivity contribution >= 4 is 28.6 Å². The number of carbonyl (C=O) groups is 1. The van der Waals surface area contributed by atoms with Gasteiger partial charge in [-0.05, 0) is 17.4 Å². The van der Waals surface area contributed by atoms with E-state index in [1.807, 2.05) is 31.4 Å². The average Bonchev–Trinajstić information content (AvgIpc) is 2.86. The van der Waals surface area contributed by atoms with E-state index in [2.05, 4.69) is 4.98 Å². The molecule has 0 bridgehead atoms. The molecule has 17 heavy (non-hydrogen) atoms. The van der Waals surface area contributed by atoms with Crippen LogP contribution < -0.4 is 0 Å². The van der Waals surface area contributed by atoms with Crippen molar-refractivity contribution in [1.82, 2.24) is 4.98 Å². The SMILES string of the molecule is CC(C)c1nc(Cc2cccs2)sc1C(=O)O. The number of aromatic carboxylic acids is 1. The molecule has 2 aromatic heterocycles. The summed E-state index contributed by atoms with van der Waals surface area (Å²) in [5.41, 5.74) is 0.703. The largest absolute Gasteiger partial charge is 0.477 e. The number of hydrogen-bond acceptors (Lipinski definition) is 4. The normalized spacial score (nSPS) is 11.0. The number of thiophene rings is 1. The Balaban J connectivity index is 2.30. The molecular weight excluding hydrogens is 254 g/mol. The zero-order chi connectivity index (χ0) is 12.4. The molecule has 5 heteroatoms. The highest BCUT2D eigenvalue weighted by molar-refractivity contribution is 7.14. The smallest absolute Gasteiger partial charge is 0.347 e. The number of hydrogen-bond donors (Lipinski definition) is 1. The molecule has 0 atom stereocenters. The molecule has 2 aromatic rings. The van der Waals surface area contributed by atoms with Crippen LogP contribution in [0.15, 0.2) is 17.5 Å². The number of carboxylic acids is 1. The Morgan fingerprint density at radius 1 is 1.53 bits per heavy atom. The van der Waals surface area contributed by atoms with Gasteiger partial charge in [-0.1, -0.05) is 19.9 Å². The second kappa shape index (κ2) is 4.98. The van der Waals surface area contributed by atoms with Gasteiger partial charge in [0.05, 0.1) is 10.7 Å². The first-order valence-corrected chi connectivity index (χ1v) is 7.02. The van der Waals surface area contributed by atoms with E-state index in [0.29, 0.717) is 10.6 Å². The number of thiazole rings is 1. The topological polar surface area (TPSA) is 50.2 Å². The first-order valence-electron chi connectivity index (χ1n) is 5.33. The molecular formula is C12H13NO2S2. The van der Waals surface area contributed by atoms with E-state index < -0.39 is 5.97 Å². The molecule has 0 aliphatic rings. The summed E-state index contributed by atoms with van der Waals surface area (Å²) in [6.07, 6.45) is 0.731. The van der Waals surface area contributed by atoms with Gasteiger partial charge in [-0.15, -0.1) is 22.7 Å². The van der Waals surface area contributed by atoms with Crippen LogP contribution in [0.25, 0.3) is 0 Å². The van der Waals surface area contributed by atoms with E-state index in [-0.39, 0.29) is 5.92 Å². The fourth-order valence-corrected chi connectivity index (χ4v) is 3.44. The summed E-state index contributed by atoms with van der Waals surface area (Å²) >= 11 is 2.96. The number of aromatic nitrogens is 1. The molecule has 2 rings (SSSR count). The molecule has 1 N–H and O–H groups in total. The van der Waals surface area contributed by atoms with Gasteiger partial charge < -0.3 is 5.11 Å². The van der Waals surface area contributed by atoms with E-state index in [9.17, 15) is 4.79 Å². The van der Waals surface area contributed by atoms with Crippen LogP contribution in [0.2, 0.25) is 0 Å². The highest BCUT2D eigenvalue weighted by atomic mass is 32.1. The summed E-state index contributed by atoms with van der Waals surface area (Å²) in [7, 11) is 0. The summed E-state index contributed by atoms with van der Waals surface area (Å²) in [4.78, 5) is 17.2. The molecule has 0 saturated heterocycles. The van der Waals surface area contributed by atoms with E-state index in [1.54, 1.807) is 11.3 Å². The summed E-state index contributed by atoms with van der Waals surface area (Å²) < 4.78 is 0. The van der Waals surface area contributed by atoms with E-state index in [1.165, 1.54) is 16.2 Å². The predicted molar refractivity (Wildman–Crippen MR) is 70.3 cm³/mol. The molecule has 0 aliphatic heterocycles. The average molecular weight is 267 g/mol. The lowest BCUT2D eigenvalue weighted by atomic mass is 10.1. The van der Waals surface area contributed by atoms with Crippen molar-refractivity contribution in [2.24, 2.45) is 0 Å². The predicted octanol–water partition coefficient (Wildman–Crippen LogP) is 3.62. The van der Waals surface area contributed by atoms with Gasteiger partial charge in [-0.3, -0.25) is 0 Å². The number of carboxylic acid groups (broad SMARTS) is 1. The number of nitrogens with zero attached hydrogens (tertiary/aromatic N) is 1. The van der Waals surface area contributed by atoms with Crippen molar-refractivity contribution in [3.8, 4) is 0 Å². The Kier molecular flexibility index (Phi) is 3.59. The standard InChI is InChI=1S/C12H13NO2S2/c1-7(2)10-11(12(14)15)17-9(13-10)6-8-4-3-5-16-8/h3-5,7H,6H2,1-2H3,(H,14,15). The first-order chi connectivity index (χ1) is 8.08. The number of rotatable bonds is 4. The molecule has 0 fully saturated rings. The first kappa shape index (κ1) is 12.3. The van der Waals surface area contributed by atoms with Crippen LogP contribution in [-0.4, -0.2) is 16.1 Å². The lowest BCUT2D eigenvalue weighted by molar-refractivity contribution is 0.0700. The molecule has 0 amide bonds. The summed E-state index contributed by atoms with van der Waals surface area (Å²) in [5.74, 6) is -0.724. The van der Waals surface area contributed by atoms with Crippen LogP contribution in [0.5, 0.6) is 0 Å². The fourth-order valence-electron chi connectivity index (χ4n) is 1.56. The third-order valence-electron chi connectivity index (χ3n) is 2.34. The lowest BCUT2D eigenvalue weighted by Crippen LogP contribution is -2.00. The second-order valence-electron chi connectivity index (χ2n) is 4.04. The molecule has 2 heterocycles.